The van der Waals surface area contributed by atoms with Crippen LogP contribution in [0.3, 0.4) is 0 Å². The normalized spacial score (nSPS) is 23.2. The molecule has 1 atom stereocenters. The van der Waals surface area contributed by atoms with E-state index in [1.165, 1.54) is 0 Å². The molecule has 19 heavy (non-hydrogen) atoms. The Bertz CT molecular complexity index is 471. The van der Waals surface area contributed by atoms with Gasteiger partial charge in [-0.2, -0.15) is 0 Å². The smallest absolute Gasteiger partial charge is 0.137 e. The summed E-state index contributed by atoms with van der Waals surface area (Å²) in [6.07, 6.45) is 0.780. The van der Waals surface area contributed by atoms with Crippen molar-refractivity contribution in [3.8, 4) is 0 Å². The quantitative estimate of drug-likeness (QED) is 0.873. The number of nitrogens with one attached hydrogen (secondary N) is 1. The van der Waals surface area contributed by atoms with Crippen molar-refractivity contribution in [2.45, 2.75) is 45.6 Å². The Labute approximate surface area is 115 Å². The van der Waals surface area contributed by atoms with E-state index in [-0.39, 0.29) is 5.92 Å². The predicted octanol–water partition coefficient (Wildman–Crippen LogP) is 1.91. The van der Waals surface area contributed by atoms with E-state index in [4.69, 9.17) is 4.98 Å². The number of β-amino-alcohol motifs (C(OH)–C–C–N with tert-alkyl or cyclic N) is 1. The Morgan fingerprint density at radius 3 is 2.53 bits per heavy atom. The van der Waals surface area contributed by atoms with Crippen LogP contribution in [0.2, 0.25) is 0 Å². The summed E-state index contributed by atoms with van der Waals surface area (Å²) in [5.41, 5.74) is 0.430. The van der Waals surface area contributed by atoms with Gasteiger partial charge in [0, 0.05) is 31.6 Å². The lowest BCUT2D eigenvalue weighted by Gasteiger charge is -2.23. The van der Waals surface area contributed by atoms with Crippen molar-refractivity contribution in [2.75, 3.05) is 30.4 Å². The number of anilines is 2. The minimum Gasteiger partial charge on any atom is -0.388 e. The van der Waals surface area contributed by atoms with Crippen LogP contribution in [-0.4, -0.2) is 40.8 Å². The molecule has 106 valence electrons. The fourth-order valence-electron chi connectivity index (χ4n) is 2.46. The van der Waals surface area contributed by atoms with Gasteiger partial charge in [-0.15, -0.1) is 0 Å². The predicted molar refractivity (Wildman–Crippen MR) is 77.9 cm³/mol. The fraction of sp³-hybridized carbons (Fsp3) is 0.714. The highest BCUT2D eigenvalue weighted by Gasteiger charge is 2.33. The van der Waals surface area contributed by atoms with Crippen molar-refractivity contribution in [3.63, 3.8) is 0 Å². The third-order valence-corrected chi connectivity index (χ3v) is 3.64. The van der Waals surface area contributed by atoms with Gasteiger partial charge in [-0.05, 0) is 20.3 Å². The zero-order valence-electron chi connectivity index (χ0n) is 12.5. The van der Waals surface area contributed by atoms with Gasteiger partial charge in [0.1, 0.15) is 17.5 Å². The molecule has 0 radical (unpaired) electrons. The highest BCUT2D eigenvalue weighted by Crippen LogP contribution is 2.31. The highest BCUT2D eigenvalue weighted by molar-refractivity contribution is 5.59. The second-order valence-electron chi connectivity index (χ2n) is 5.95. The second-order valence-corrected chi connectivity index (χ2v) is 5.95. The number of rotatable bonds is 3. The van der Waals surface area contributed by atoms with Gasteiger partial charge in [-0.1, -0.05) is 13.8 Å². The fourth-order valence-corrected chi connectivity index (χ4v) is 2.46. The van der Waals surface area contributed by atoms with Crippen LogP contribution in [0.1, 0.15) is 44.5 Å². The molecule has 0 spiro atoms. The number of hydrogen-bond donors (Lipinski definition) is 2. The van der Waals surface area contributed by atoms with Crippen LogP contribution in [0.25, 0.3) is 0 Å². The maximum Gasteiger partial charge on any atom is 0.137 e. The summed E-state index contributed by atoms with van der Waals surface area (Å²) in [7, 11) is 1.88. The minimum absolute atomic E-state index is 0.287. The van der Waals surface area contributed by atoms with Crippen LogP contribution in [0.4, 0.5) is 11.6 Å². The molecule has 2 N–H and O–H groups in total. The van der Waals surface area contributed by atoms with Crippen LogP contribution >= 0.6 is 0 Å². The molecule has 5 heteroatoms. The van der Waals surface area contributed by atoms with E-state index in [2.05, 4.69) is 29.0 Å². The summed E-state index contributed by atoms with van der Waals surface area (Å²) in [5.74, 6) is 2.95. The van der Waals surface area contributed by atoms with E-state index in [1.807, 2.05) is 20.9 Å². The second kappa shape index (κ2) is 4.96. The molecule has 1 fully saturated rings. The van der Waals surface area contributed by atoms with Gasteiger partial charge in [0.15, 0.2) is 0 Å². The first-order chi connectivity index (χ1) is 8.84. The average molecular weight is 264 g/mol. The maximum absolute atomic E-state index is 10.1. The van der Waals surface area contributed by atoms with Crippen molar-refractivity contribution in [1.82, 2.24) is 9.97 Å². The van der Waals surface area contributed by atoms with Crippen LogP contribution in [0.15, 0.2) is 0 Å². The first kappa shape index (κ1) is 14.1. The molecule has 0 aromatic carbocycles. The standard InChI is InChI=1S/C14H24N4O/c1-9(2)11-16-12(15-5)10(3)13(17-11)18-7-6-14(4,19)8-18/h9,19H,6-8H2,1-5H3,(H,15,16,17). The molecule has 0 bridgehead atoms. The molecular weight excluding hydrogens is 240 g/mol. The SMILES string of the molecule is CNc1nc(C(C)C)nc(N2CCC(C)(O)C2)c1C. The third-order valence-electron chi connectivity index (χ3n) is 3.64. The van der Waals surface area contributed by atoms with E-state index in [1.54, 1.807) is 0 Å². The van der Waals surface area contributed by atoms with E-state index in [0.29, 0.717) is 6.54 Å². The van der Waals surface area contributed by atoms with Gasteiger partial charge < -0.3 is 15.3 Å². The van der Waals surface area contributed by atoms with E-state index < -0.39 is 5.60 Å². The lowest BCUT2D eigenvalue weighted by Crippen LogP contribution is -2.30. The summed E-state index contributed by atoms with van der Waals surface area (Å²) >= 11 is 0. The monoisotopic (exact) mass is 264 g/mol. The van der Waals surface area contributed by atoms with Crippen LogP contribution < -0.4 is 10.2 Å². The van der Waals surface area contributed by atoms with E-state index in [0.717, 1.165) is 36.0 Å². The molecule has 1 unspecified atom stereocenters. The van der Waals surface area contributed by atoms with E-state index >= 15 is 0 Å². The molecule has 0 aliphatic carbocycles. The maximum atomic E-state index is 10.1. The number of aromatic nitrogens is 2. The van der Waals surface area contributed by atoms with Gasteiger partial charge in [0.05, 0.1) is 5.60 Å². The van der Waals surface area contributed by atoms with Crippen LogP contribution in [0.5, 0.6) is 0 Å². The average Bonchev–Trinajstić information content (AvgIpc) is 2.69. The largest absolute Gasteiger partial charge is 0.388 e. The molecule has 1 aliphatic rings. The van der Waals surface area contributed by atoms with Crippen molar-refractivity contribution in [3.05, 3.63) is 11.4 Å². The van der Waals surface area contributed by atoms with Crippen molar-refractivity contribution < 1.29 is 5.11 Å². The Balaban J connectivity index is 2.41. The number of nitrogens with zero attached hydrogens (tertiary/aromatic N) is 3. The van der Waals surface area contributed by atoms with Gasteiger partial charge in [0.25, 0.3) is 0 Å². The number of aliphatic hydroxyl groups is 1. The molecular formula is C14H24N4O. The summed E-state index contributed by atoms with van der Waals surface area (Å²) < 4.78 is 0. The third kappa shape index (κ3) is 2.81. The van der Waals surface area contributed by atoms with Crippen molar-refractivity contribution in [1.29, 1.82) is 0 Å². The lowest BCUT2D eigenvalue weighted by atomic mass is 10.1. The van der Waals surface area contributed by atoms with Gasteiger partial charge in [-0.25, -0.2) is 9.97 Å². The molecule has 0 amide bonds. The number of hydrogen-bond acceptors (Lipinski definition) is 5. The topological polar surface area (TPSA) is 61.3 Å². The van der Waals surface area contributed by atoms with Gasteiger partial charge in [-0.3, -0.25) is 0 Å². The van der Waals surface area contributed by atoms with Crippen LogP contribution in [0, 0.1) is 6.92 Å². The summed E-state index contributed by atoms with van der Waals surface area (Å²) in [4.78, 5) is 11.4. The molecule has 2 heterocycles. The molecule has 1 saturated heterocycles. The zero-order chi connectivity index (χ0) is 14.2. The Morgan fingerprint density at radius 1 is 1.37 bits per heavy atom. The first-order valence-electron chi connectivity index (χ1n) is 6.87. The van der Waals surface area contributed by atoms with Gasteiger partial charge in [0.2, 0.25) is 0 Å². The summed E-state index contributed by atoms with van der Waals surface area (Å²) in [6, 6.07) is 0. The molecule has 1 aromatic rings. The summed E-state index contributed by atoms with van der Waals surface area (Å²) in [5, 5.41) is 13.3. The Kier molecular flexibility index (Phi) is 3.67. The molecule has 1 aliphatic heterocycles. The van der Waals surface area contributed by atoms with Crippen LogP contribution in [-0.2, 0) is 0 Å². The van der Waals surface area contributed by atoms with E-state index in [9.17, 15) is 5.11 Å². The van der Waals surface area contributed by atoms with Gasteiger partial charge >= 0.3 is 0 Å². The molecule has 2 rings (SSSR count). The highest BCUT2D eigenvalue weighted by atomic mass is 16.3. The minimum atomic E-state index is -0.616. The van der Waals surface area contributed by atoms with Crippen molar-refractivity contribution >= 4 is 11.6 Å². The Hall–Kier alpha value is -1.36. The zero-order valence-corrected chi connectivity index (χ0v) is 12.5. The first-order valence-corrected chi connectivity index (χ1v) is 6.87. The molecule has 1 aromatic heterocycles. The summed E-state index contributed by atoms with van der Waals surface area (Å²) in [6.45, 7) is 9.56. The van der Waals surface area contributed by atoms with Crippen molar-refractivity contribution in [2.24, 2.45) is 0 Å². The lowest BCUT2D eigenvalue weighted by molar-refractivity contribution is 0.0839. The molecule has 0 saturated carbocycles. The molecule has 5 nitrogen and oxygen atoms in total. The Morgan fingerprint density at radius 2 is 2.05 bits per heavy atom.